The van der Waals surface area contributed by atoms with Crippen molar-refractivity contribution in [3.8, 4) is 0 Å². The lowest BCUT2D eigenvalue weighted by molar-refractivity contribution is 0.221. The summed E-state index contributed by atoms with van der Waals surface area (Å²) in [6.07, 6.45) is 14.6. The number of hydrogen-bond donors (Lipinski definition) is 2. The van der Waals surface area contributed by atoms with Crippen LogP contribution in [0.25, 0.3) is 12.2 Å². The van der Waals surface area contributed by atoms with Crippen molar-refractivity contribution in [3.05, 3.63) is 64.8 Å². The second-order valence-electron chi connectivity index (χ2n) is 9.07. The first-order valence-corrected chi connectivity index (χ1v) is 13.6. The van der Waals surface area contributed by atoms with E-state index in [0.717, 1.165) is 24.0 Å². The molecule has 3 aromatic heterocycles. The Labute approximate surface area is 217 Å². The molecule has 0 atom stereocenters. The Balaban J connectivity index is 1.36. The molecular formula is C25H30ClN7O2S. The minimum atomic E-state index is -3.90. The predicted molar refractivity (Wildman–Crippen MR) is 143 cm³/mol. The van der Waals surface area contributed by atoms with Gasteiger partial charge in [0.25, 0.3) is 10.0 Å². The van der Waals surface area contributed by atoms with Gasteiger partial charge in [-0.25, -0.2) is 23.4 Å². The van der Waals surface area contributed by atoms with Gasteiger partial charge in [0.1, 0.15) is 10.7 Å². The molecule has 0 saturated heterocycles. The summed E-state index contributed by atoms with van der Waals surface area (Å²) in [4.78, 5) is 19.3. The van der Waals surface area contributed by atoms with Crippen molar-refractivity contribution < 1.29 is 8.42 Å². The van der Waals surface area contributed by atoms with Gasteiger partial charge in [0.15, 0.2) is 0 Å². The van der Waals surface area contributed by atoms with E-state index in [1.54, 1.807) is 24.5 Å². The third-order valence-electron chi connectivity index (χ3n) is 6.28. The molecule has 0 unspecified atom stereocenters. The van der Waals surface area contributed by atoms with Crippen LogP contribution in [-0.4, -0.2) is 59.4 Å². The standard InChI is InChI=1S/C25H30ClN7O2S/c1-17-19(6-11-24(30-17)32-36(34,35)23-16-27-13-12-22(23)26)5-4-18-14-28-25(29-15-18)31-20-7-9-21(10-8-20)33(2)3/h4-6,11-16,20-21H,7-10H2,1-3H3,(H,30,32)(H,28,29,31)/b5-4+. The van der Waals surface area contributed by atoms with E-state index in [4.69, 9.17) is 11.6 Å². The molecule has 0 aliphatic heterocycles. The van der Waals surface area contributed by atoms with Crippen molar-refractivity contribution in [2.24, 2.45) is 0 Å². The van der Waals surface area contributed by atoms with Crippen LogP contribution in [0.1, 0.15) is 42.5 Å². The first kappa shape index (κ1) is 26.0. The minimum Gasteiger partial charge on any atom is -0.351 e. The highest BCUT2D eigenvalue weighted by Gasteiger charge is 2.22. The molecule has 36 heavy (non-hydrogen) atoms. The van der Waals surface area contributed by atoms with Gasteiger partial charge in [0.2, 0.25) is 5.95 Å². The number of halogens is 1. The zero-order chi connectivity index (χ0) is 25.7. The van der Waals surface area contributed by atoms with Gasteiger partial charge in [-0.15, -0.1) is 0 Å². The van der Waals surface area contributed by atoms with E-state index >= 15 is 0 Å². The van der Waals surface area contributed by atoms with Gasteiger partial charge < -0.3 is 10.2 Å². The zero-order valence-corrected chi connectivity index (χ0v) is 22.1. The normalized spacial score (nSPS) is 18.5. The topological polar surface area (TPSA) is 113 Å². The second kappa shape index (κ2) is 11.3. The molecule has 4 rings (SSSR count). The summed E-state index contributed by atoms with van der Waals surface area (Å²) in [7, 11) is 0.380. The number of aromatic nitrogens is 4. The molecule has 3 heterocycles. The number of hydrogen-bond acceptors (Lipinski definition) is 8. The van der Waals surface area contributed by atoms with Crippen molar-refractivity contribution in [2.45, 2.75) is 49.6 Å². The van der Waals surface area contributed by atoms with E-state index in [-0.39, 0.29) is 15.7 Å². The number of nitrogens with one attached hydrogen (secondary N) is 2. The molecule has 1 aliphatic rings. The average Bonchev–Trinajstić information content (AvgIpc) is 2.85. The number of rotatable bonds is 8. The molecule has 0 radical (unpaired) electrons. The van der Waals surface area contributed by atoms with Crippen LogP contribution in [0.2, 0.25) is 5.02 Å². The molecule has 3 aromatic rings. The van der Waals surface area contributed by atoms with Gasteiger partial charge in [0, 0.05) is 48.1 Å². The molecule has 1 saturated carbocycles. The van der Waals surface area contributed by atoms with E-state index in [2.05, 4.69) is 49.0 Å². The smallest absolute Gasteiger partial charge is 0.266 e. The van der Waals surface area contributed by atoms with E-state index < -0.39 is 10.0 Å². The minimum absolute atomic E-state index is 0.0916. The summed E-state index contributed by atoms with van der Waals surface area (Å²) in [5.41, 5.74) is 2.36. The van der Waals surface area contributed by atoms with Gasteiger partial charge in [-0.2, -0.15) is 0 Å². The fourth-order valence-electron chi connectivity index (χ4n) is 4.16. The Morgan fingerprint density at radius 1 is 1.03 bits per heavy atom. The SMILES string of the molecule is Cc1nc(NS(=O)(=O)c2cnccc2Cl)ccc1/C=C/c1cnc(NC2CCC(N(C)C)CC2)nc1. The number of pyridine rings is 2. The lowest BCUT2D eigenvalue weighted by atomic mass is 9.91. The predicted octanol–water partition coefficient (Wildman–Crippen LogP) is 4.48. The van der Waals surface area contributed by atoms with Crippen LogP contribution in [0.15, 0.2) is 47.9 Å². The van der Waals surface area contributed by atoms with Crippen LogP contribution >= 0.6 is 11.6 Å². The summed E-state index contributed by atoms with van der Waals surface area (Å²) in [6.45, 7) is 1.81. The Morgan fingerprint density at radius 3 is 2.39 bits per heavy atom. The highest BCUT2D eigenvalue weighted by atomic mass is 35.5. The highest BCUT2D eigenvalue weighted by molar-refractivity contribution is 7.92. The largest absolute Gasteiger partial charge is 0.351 e. The summed E-state index contributed by atoms with van der Waals surface area (Å²) >= 11 is 6.00. The van der Waals surface area contributed by atoms with E-state index in [9.17, 15) is 8.42 Å². The van der Waals surface area contributed by atoms with E-state index in [1.165, 1.54) is 31.3 Å². The molecule has 0 aromatic carbocycles. The fraction of sp³-hybridized carbons (Fsp3) is 0.360. The quantitative estimate of drug-likeness (QED) is 0.440. The third-order valence-corrected chi connectivity index (χ3v) is 8.10. The lowest BCUT2D eigenvalue weighted by Gasteiger charge is -2.32. The summed E-state index contributed by atoms with van der Waals surface area (Å²) in [6, 6.07) is 5.88. The van der Waals surface area contributed by atoms with Gasteiger partial charge in [-0.3, -0.25) is 9.71 Å². The Kier molecular flexibility index (Phi) is 8.17. The lowest BCUT2D eigenvalue weighted by Crippen LogP contribution is -2.36. The Bertz CT molecular complexity index is 1320. The van der Waals surface area contributed by atoms with E-state index in [1.807, 2.05) is 19.1 Å². The number of sulfonamides is 1. The molecule has 0 bridgehead atoms. The van der Waals surface area contributed by atoms with Gasteiger partial charge in [0.05, 0.1) is 5.02 Å². The highest BCUT2D eigenvalue weighted by Crippen LogP contribution is 2.24. The first-order chi connectivity index (χ1) is 17.2. The number of anilines is 2. The molecule has 0 spiro atoms. The molecule has 1 fully saturated rings. The molecular weight excluding hydrogens is 498 g/mol. The van der Waals surface area contributed by atoms with Crippen LogP contribution in [0.5, 0.6) is 0 Å². The zero-order valence-electron chi connectivity index (χ0n) is 20.5. The van der Waals surface area contributed by atoms with Crippen LogP contribution in [0.4, 0.5) is 11.8 Å². The monoisotopic (exact) mass is 527 g/mol. The summed E-state index contributed by atoms with van der Waals surface area (Å²) in [5.74, 6) is 0.839. The molecule has 190 valence electrons. The van der Waals surface area contributed by atoms with Crippen molar-refractivity contribution in [1.82, 2.24) is 24.8 Å². The summed E-state index contributed by atoms with van der Waals surface area (Å²) in [5, 5.41) is 3.54. The molecule has 2 N–H and O–H groups in total. The van der Waals surface area contributed by atoms with Gasteiger partial charge in [-0.05, 0) is 70.5 Å². The Morgan fingerprint density at radius 2 is 1.75 bits per heavy atom. The maximum Gasteiger partial charge on any atom is 0.266 e. The van der Waals surface area contributed by atoms with Crippen molar-refractivity contribution >= 4 is 45.5 Å². The maximum atomic E-state index is 12.6. The van der Waals surface area contributed by atoms with Crippen LogP contribution < -0.4 is 10.0 Å². The van der Waals surface area contributed by atoms with Crippen LogP contribution in [0.3, 0.4) is 0 Å². The third kappa shape index (κ3) is 6.57. The molecule has 11 heteroatoms. The van der Waals surface area contributed by atoms with Crippen LogP contribution in [0, 0.1) is 6.92 Å². The van der Waals surface area contributed by atoms with Crippen molar-refractivity contribution in [3.63, 3.8) is 0 Å². The van der Waals surface area contributed by atoms with Crippen molar-refractivity contribution in [2.75, 3.05) is 24.1 Å². The Hall–Kier alpha value is -3.08. The van der Waals surface area contributed by atoms with E-state index in [0.29, 0.717) is 23.7 Å². The van der Waals surface area contributed by atoms with Gasteiger partial charge in [-0.1, -0.05) is 23.8 Å². The molecule has 0 amide bonds. The number of aryl methyl sites for hydroxylation is 1. The molecule has 1 aliphatic carbocycles. The number of nitrogens with zero attached hydrogens (tertiary/aromatic N) is 5. The average molecular weight is 528 g/mol. The maximum absolute atomic E-state index is 12.6. The summed E-state index contributed by atoms with van der Waals surface area (Å²) < 4.78 is 27.7. The first-order valence-electron chi connectivity index (χ1n) is 11.7. The second-order valence-corrected chi connectivity index (χ2v) is 11.1. The van der Waals surface area contributed by atoms with Crippen molar-refractivity contribution in [1.29, 1.82) is 0 Å². The molecule has 9 nitrogen and oxygen atoms in total. The van der Waals surface area contributed by atoms with Crippen LogP contribution in [-0.2, 0) is 10.0 Å². The van der Waals surface area contributed by atoms with Gasteiger partial charge >= 0.3 is 0 Å². The fourth-order valence-corrected chi connectivity index (χ4v) is 5.60.